The maximum Gasteiger partial charge on any atom is 0.253 e. The van der Waals surface area contributed by atoms with E-state index in [0.717, 1.165) is 47.9 Å². The van der Waals surface area contributed by atoms with Crippen molar-refractivity contribution in [2.75, 3.05) is 13.1 Å². The van der Waals surface area contributed by atoms with Gasteiger partial charge in [0.15, 0.2) is 0 Å². The molecule has 2 unspecified atom stereocenters. The van der Waals surface area contributed by atoms with E-state index in [9.17, 15) is 8.42 Å². The Kier molecular flexibility index (Phi) is 4.05. The van der Waals surface area contributed by atoms with E-state index < -0.39 is 10.0 Å². The lowest BCUT2D eigenvalue weighted by atomic mass is 10.1. The Morgan fingerprint density at radius 1 is 1.26 bits per heavy atom. The van der Waals surface area contributed by atoms with Crippen LogP contribution in [0.3, 0.4) is 0 Å². The summed E-state index contributed by atoms with van der Waals surface area (Å²) in [6.45, 7) is 3.63. The molecule has 2 bridgehead atoms. The van der Waals surface area contributed by atoms with E-state index in [2.05, 4.69) is 10.3 Å². The predicted molar refractivity (Wildman–Crippen MR) is 93.5 cm³/mol. The van der Waals surface area contributed by atoms with Crippen molar-refractivity contribution in [3.63, 3.8) is 0 Å². The van der Waals surface area contributed by atoms with Crippen LogP contribution >= 0.6 is 22.7 Å². The summed E-state index contributed by atoms with van der Waals surface area (Å²) in [6.07, 6.45) is 2.84. The van der Waals surface area contributed by atoms with Gasteiger partial charge >= 0.3 is 0 Å². The van der Waals surface area contributed by atoms with Crippen LogP contribution < -0.4 is 5.32 Å². The Bertz CT molecular complexity index is 798. The third kappa shape index (κ3) is 2.76. The summed E-state index contributed by atoms with van der Waals surface area (Å²) < 4.78 is 28.5. The summed E-state index contributed by atoms with van der Waals surface area (Å²) in [5, 5.41) is 6.33. The lowest BCUT2D eigenvalue weighted by molar-refractivity contribution is 0.335. The van der Waals surface area contributed by atoms with E-state index >= 15 is 0 Å². The molecule has 2 aromatic rings. The fourth-order valence-corrected chi connectivity index (χ4v) is 7.47. The van der Waals surface area contributed by atoms with Crippen LogP contribution in [0.4, 0.5) is 0 Å². The second kappa shape index (κ2) is 5.93. The smallest absolute Gasteiger partial charge is 0.253 e. The third-order valence-electron chi connectivity index (χ3n) is 4.57. The fourth-order valence-electron chi connectivity index (χ4n) is 3.51. The summed E-state index contributed by atoms with van der Waals surface area (Å²) in [5.74, 6) is 0. The number of hydrogen-bond acceptors (Lipinski definition) is 6. The maximum atomic E-state index is 13.1. The highest BCUT2D eigenvalue weighted by Gasteiger charge is 2.43. The standard InChI is InChI=1S/C15H19N3O2S3/c1-10-17-13(9-21-10)14-4-5-15(22-14)23(19,20)18-11-2-3-12(18)8-16-7-6-11/h4-5,9,11-12,16H,2-3,6-8H2,1H3. The molecule has 0 aromatic carbocycles. The van der Waals surface area contributed by atoms with Crippen LogP contribution in [0.25, 0.3) is 10.6 Å². The second-order valence-electron chi connectivity index (χ2n) is 6.08. The van der Waals surface area contributed by atoms with Crippen molar-refractivity contribution >= 4 is 32.7 Å². The molecule has 4 rings (SSSR count). The zero-order valence-corrected chi connectivity index (χ0v) is 15.3. The Labute approximate surface area is 144 Å². The van der Waals surface area contributed by atoms with Gasteiger partial charge in [-0.05, 0) is 44.9 Å². The van der Waals surface area contributed by atoms with Gasteiger partial charge in [-0.3, -0.25) is 0 Å². The van der Waals surface area contributed by atoms with Gasteiger partial charge in [0.05, 0.1) is 15.6 Å². The highest BCUT2D eigenvalue weighted by atomic mass is 32.2. The minimum atomic E-state index is -3.41. The van der Waals surface area contributed by atoms with Crippen LogP contribution in [0.5, 0.6) is 0 Å². The number of thiophene rings is 1. The number of aryl methyl sites for hydroxylation is 1. The first-order chi connectivity index (χ1) is 11.1. The van der Waals surface area contributed by atoms with Crippen molar-refractivity contribution in [3.05, 3.63) is 22.5 Å². The molecule has 0 amide bonds. The van der Waals surface area contributed by atoms with Gasteiger partial charge in [-0.1, -0.05) is 0 Å². The van der Waals surface area contributed by atoms with Crippen LogP contribution in [-0.4, -0.2) is 42.9 Å². The van der Waals surface area contributed by atoms with Crippen molar-refractivity contribution < 1.29 is 8.42 Å². The minimum Gasteiger partial charge on any atom is -0.315 e. The molecule has 2 aromatic heterocycles. The third-order valence-corrected chi connectivity index (χ3v) is 8.93. The molecule has 23 heavy (non-hydrogen) atoms. The molecule has 0 radical (unpaired) electrons. The zero-order chi connectivity index (χ0) is 16.0. The summed E-state index contributed by atoms with van der Waals surface area (Å²) in [4.78, 5) is 5.38. The number of aromatic nitrogens is 1. The Hall–Kier alpha value is -0.800. The lowest BCUT2D eigenvalue weighted by Gasteiger charge is -2.26. The summed E-state index contributed by atoms with van der Waals surface area (Å²) >= 11 is 2.92. The number of hydrogen-bond donors (Lipinski definition) is 1. The summed E-state index contributed by atoms with van der Waals surface area (Å²) in [6, 6.07) is 3.86. The molecule has 2 fully saturated rings. The van der Waals surface area contributed by atoms with Gasteiger partial charge in [-0.25, -0.2) is 13.4 Å². The van der Waals surface area contributed by atoms with Crippen molar-refractivity contribution in [2.24, 2.45) is 0 Å². The Morgan fingerprint density at radius 3 is 2.87 bits per heavy atom. The van der Waals surface area contributed by atoms with E-state index in [0.29, 0.717) is 4.21 Å². The molecule has 0 saturated carbocycles. The van der Waals surface area contributed by atoms with Crippen LogP contribution in [0.1, 0.15) is 24.3 Å². The predicted octanol–water partition coefficient (Wildman–Crippen LogP) is 2.70. The SMILES string of the molecule is Cc1nc(-c2ccc(S(=O)(=O)N3C4CCNCC3CC4)s2)cs1. The van der Waals surface area contributed by atoms with E-state index in [1.807, 2.05) is 18.4 Å². The summed E-state index contributed by atoms with van der Waals surface area (Å²) in [5.41, 5.74) is 0.874. The first kappa shape index (κ1) is 15.7. The highest BCUT2D eigenvalue weighted by molar-refractivity contribution is 7.91. The van der Waals surface area contributed by atoms with Crippen LogP contribution in [0.2, 0.25) is 0 Å². The molecule has 2 saturated heterocycles. The molecule has 2 aliphatic rings. The second-order valence-corrected chi connectivity index (χ2v) is 10.3. The summed E-state index contributed by atoms with van der Waals surface area (Å²) in [7, 11) is -3.41. The Balaban J connectivity index is 1.68. The lowest BCUT2D eigenvalue weighted by Crippen LogP contribution is -2.42. The van der Waals surface area contributed by atoms with Crippen molar-refractivity contribution in [2.45, 2.75) is 42.5 Å². The average molecular weight is 370 g/mol. The molecule has 4 heterocycles. The van der Waals surface area contributed by atoms with Gasteiger partial charge in [0.2, 0.25) is 0 Å². The monoisotopic (exact) mass is 369 g/mol. The van der Waals surface area contributed by atoms with E-state index in [1.54, 1.807) is 21.7 Å². The molecule has 2 atom stereocenters. The average Bonchev–Trinajstić information content (AvgIpc) is 3.17. The van der Waals surface area contributed by atoms with E-state index in [-0.39, 0.29) is 12.1 Å². The number of nitrogens with zero attached hydrogens (tertiary/aromatic N) is 2. The number of rotatable bonds is 3. The topological polar surface area (TPSA) is 62.3 Å². The van der Waals surface area contributed by atoms with Gasteiger partial charge < -0.3 is 5.32 Å². The van der Waals surface area contributed by atoms with Gasteiger partial charge in [0.25, 0.3) is 10.0 Å². The molecule has 1 N–H and O–H groups in total. The van der Waals surface area contributed by atoms with E-state index in [4.69, 9.17) is 0 Å². The van der Waals surface area contributed by atoms with Gasteiger partial charge in [0.1, 0.15) is 4.21 Å². The molecule has 5 nitrogen and oxygen atoms in total. The Morgan fingerprint density at radius 2 is 2.09 bits per heavy atom. The zero-order valence-electron chi connectivity index (χ0n) is 12.9. The first-order valence-corrected chi connectivity index (χ1v) is 11.0. The number of thiazole rings is 1. The molecular formula is C15H19N3O2S3. The molecule has 0 aliphatic carbocycles. The van der Waals surface area contributed by atoms with Crippen LogP contribution in [0.15, 0.2) is 21.7 Å². The maximum absolute atomic E-state index is 13.1. The highest BCUT2D eigenvalue weighted by Crippen LogP contribution is 2.38. The molecule has 124 valence electrons. The largest absolute Gasteiger partial charge is 0.315 e. The van der Waals surface area contributed by atoms with Crippen LogP contribution in [-0.2, 0) is 10.0 Å². The van der Waals surface area contributed by atoms with Gasteiger partial charge in [-0.15, -0.1) is 22.7 Å². The normalized spacial score (nSPS) is 25.6. The van der Waals surface area contributed by atoms with Crippen LogP contribution in [0, 0.1) is 6.92 Å². The minimum absolute atomic E-state index is 0.0968. The quantitative estimate of drug-likeness (QED) is 0.904. The number of sulfonamides is 1. The van der Waals surface area contributed by atoms with Gasteiger partial charge in [-0.2, -0.15) is 4.31 Å². The van der Waals surface area contributed by atoms with Crippen molar-refractivity contribution in [1.82, 2.24) is 14.6 Å². The molecule has 0 spiro atoms. The molecular weight excluding hydrogens is 350 g/mol. The number of nitrogens with one attached hydrogen (secondary N) is 1. The molecule has 8 heteroatoms. The van der Waals surface area contributed by atoms with Gasteiger partial charge in [0, 0.05) is 24.0 Å². The first-order valence-electron chi connectivity index (χ1n) is 7.82. The number of fused-ring (bicyclic) bond motifs is 2. The van der Waals surface area contributed by atoms with E-state index in [1.165, 1.54) is 11.3 Å². The van der Waals surface area contributed by atoms with Crippen molar-refractivity contribution in [1.29, 1.82) is 0 Å². The van der Waals surface area contributed by atoms with Crippen molar-refractivity contribution in [3.8, 4) is 10.6 Å². The molecule has 2 aliphatic heterocycles. The fraction of sp³-hybridized carbons (Fsp3) is 0.533.